The van der Waals surface area contributed by atoms with Gasteiger partial charge in [-0.25, -0.2) is 4.39 Å². The van der Waals surface area contributed by atoms with Crippen molar-refractivity contribution >= 4 is 5.78 Å². The van der Waals surface area contributed by atoms with Crippen molar-refractivity contribution in [1.82, 2.24) is 4.90 Å². The minimum absolute atomic E-state index is 0.0225. The molecule has 0 aliphatic heterocycles. The molecule has 1 aliphatic rings. The van der Waals surface area contributed by atoms with Gasteiger partial charge in [-0.15, -0.1) is 0 Å². The zero-order valence-electron chi connectivity index (χ0n) is 13.1. The van der Waals surface area contributed by atoms with Crippen molar-refractivity contribution in [2.45, 2.75) is 44.1 Å². The van der Waals surface area contributed by atoms with Gasteiger partial charge in [-0.3, -0.25) is 9.69 Å². The van der Waals surface area contributed by atoms with E-state index in [0.29, 0.717) is 11.3 Å². The van der Waals surface area contributed by atoms with E-state index in [1.54, 1.807) is 0 Å². The fourth-order valence-corrected chi connectivity index (χ4v) is 3.30. The smallest absolute Gasteiger partial charge is 0.186 e. The normalized spacial score (nSPS) is 18.3. The van der Waals surface area contributed by atoms with Crippen LogP contribution in [0.1, 0.15) is 48.9 Å². The molecule has 116 valence electrons. The van der Waals surface area contributed by atoms with Crippen molar-refractivity contribution in [3.05, 3.63) is 29.6 Å². The molecule has 21 heavy (non-hydrogen) atoms. The lowest BCUT2D eigenvalue weighted by Gasteiger charge is -2.38. The molecule has 1 saturated carbocycles. The number of rotatable bonds is 4. The monoisotopic (exact) mass is 293 g/mol. The molecule has 0 N–H and O–H groups in total. The first-order valence-corrected chi connectivity index (χ1v) is 7.57. The highest BCUT2D eigenvalue weighted by Crippen LogP contribution is 2.36. The average molecular weight is 293 g/mol. The molecule has 0 unspecified atom stereocenters. The number of nitrogens with zero attached hydrogens (tertiary/aromatic N) is 1. The Hall–Kier alpha value is -1.42. The Kier molecular flexibility index (Phi) is 4.99. The van der Waals surface area contributed by atoms with Crippen LogP contribution in [-0.4, -0.2) is 37.4 Å². The van der Waals surface area contributed by atoms with Gasteiger partial charge in [-0.2, -0.15) is 0 Å². The third-order valence-electron chi connectivity index (χ3n) is 4.62. The summed E-state index contributed by atoms with van der Waals surface area (Å²) in [6.07, 6.45) is 6.01. The van der Waals surface area contributed by atoms with Crippen LogP contribution in [0.15, 0.2) is 18.2 Å². The lowest BCUT2D eigenvalue weighted by molar-refractivity contribution is 0.0631. The molecule has 0 amide bonds. The molecule has 1 fully saturated rings. The van der Waals surface area contributed by atoms with E-state index < -0.39 is 11.4 Å². The SMILES string of the molecule is COc1ccc(F)cc1C(=O)C1(N(C)C)CCCCCC1. The number of carbonyl (C=O) groups is 1. The molecule has 1 aliphatic carbocycles. The molecule has 0 heterocycles. The first-order valence-electron chi connectivity index (χ1n) is 7.57. The first-order chi connectivity index (χ1) is 10.0. The van der Waals surface area contributed by atoms with Crippen LogP contribution >= 0.6 is 0 Å². The second-order valence-corrected chi connectivity index (χ2v) is 6.01. The summed E-state index contributed by atoms with van der Waals surface area (Å²) in [6.45, 7) is 0. The van der Waals surface area contributed by atoms with E-state index in [4.69, 9.17) is 4.74 Å². The Balaban J connectivity index is 2.45. The van der Waals surface area contributed by atoms with E-state index in [1.165, 1.54) is 25.3 Å². The summed E-state index contributed by atoms with van der Waals surface area (Å²) in [5, 5.41) is 0. The summed E-state index contributed by atoms with van der Waals surface area (Å²) >= 11 is 0. The van der Waals surface area contributed by atoms with Crippen molar-refractivity contribution < 1.29 is 13.9 Å². The quantitative estimate of drug-likeness (QED) is 0.626. The molecule has 0 aromatic heterocycles. The van der Waals surface area contributed by atoms with Gasteiger partial charge in [0.1, 0.15) is 11.6 Å². The number of ether oxygens (including phenoxy) is 1. The number of likely N-dealkylation sites (N-methyl/N-ethyl adjacent to an activating group) is 1. The Morgan fingerprint density at radius 3 is 2.33 bits per heavy atom. The Morgan fingerprint density at radius 2 is 1.81 bits per heavy atom. The minimum atomic E-state index is -0.544. The van der Waals surface area contributed by atoms with Crippen molar-refractivity contribution in [3.63, 3.8) is 0 Å². The Morgan fingerprint density at radius 1 is 1.19 bits per heavy atom. The predicted molar refractivity (Wildman–Crippen MR) is 81.4 cm³/mol. The molecular weight excluding hydrogens is 269 g/mol. The number of ketones is 1. The van der Waals surface area contributed by atoms with Crippen molar-refractivity contribution in [2.24, 2.45) is 0 Å². The topological polar surface area (TPSA) is 29.5 Å². The second-order valence-electron chi connectivity index (χ2n) is 6.01. The van der Waals surface area contributed by atoms with Crippen LogP contribution in [0.2, 0.25) is 0 Å². The number of hydrogen-bond donors (Lipinski definition) is 0. The van der Waals surface area contributed by atoms with Gasteiger partial charge in [0, 0.05) is 0 Å². The van der Waals surface area contributed by atoms with Gasteiger partial charge in [-0.05, 0) is 45.1 Å². The summed E-state index contributed by atoms with van der Waals surface area (Å²) in [5.74, 6) is 0.0271. The van der Waals surface area contributed by atoms with Gasteiger partial charge in [0.05, 0.1) is 18.2 Å². The average Bonchev–Trinajstić information content (AvgIpc) is 2.73. The van der Waals surface area contributed by atoms with Crippen LogP contribution in [0.3, 0.4) is 0 Å². The molecule has 0 spiro atoms. The van der Waals surface area contributed by atoms with Gasteiger partial charge in [0.25, 0.3) is 0 Å². The molecule has 0 saturated heterocycles. The fourth-order valence-electron chi connectivity index (χ4n) is 3.30. The molecule has 1 aromatic carbocycles. The van der Waals surface area contributed by atoms with E-state index in [0.717, 1.165) is 38.5 Å². The molecule has 3 nitrogen and oxygen atoms in total. The highest BCUT2D eigenvalue weighted by atomic mass is 19.1. The van der Waals surface area contributed by atoms with E-state index in [-0.39, 0.29) is 5.78 Å². The molecule has 4 heteroatoms. The minimum Gasteiger partial charge on any atom is -0.496 e. The van der Waals surface area contributed by atoms with Crippen LogP contribution < -0.4 is 4.74 Å². The lowest BCUT2D eigenvalue weighted by Crippen LogP contribution is -2.51. The summed E-state index contributed by atoms with van der Waals surface area (Å²) in [4.78, 5) is 15.2. The summed E-state index contributed by atoms with van der Waals surface area (Å²) in [7, 11) is 5.39. The van der Waals surface area contributed by atoms with Crippen molar-refractivity contribution in [2.75, 3.05) is 21.2 Å². The van der Waals surface area contributed by atoms with Crippen LogP contribution in [0.5, 0.6) is 5.75 Å². The largest absolute Gasteiger partial charge is 0.496 e. The third kappa shape index (κ3) is 3.10. The predicted octanol–water partition coefficient (Wildman–Crippen LogP) is 3.67. The van der Waals surface area contributed by atoms with E-state index in [2.05, 4.69) is 0 Å². The van der Waals surface area contributed by atoms with Crippen molar-refractivity contribution in [1.29, 1.82) is 0 Å². The number of methoxy groups -OCH3 is 1. The van der Waals surface area contributed by atoms with Gasteiger partial charge in [0.15, 0.2) is 5.78 Å². The molecule has 0 atom stereocenters. The molecule has 0 bridgehead atoms. The maximum Gasteiger partial charge on any atom is 0.186 e. The zero-order valence-corrected chi connectivity index (χ0v) is 13.1. The standard InChI is InChI=1S/C17H24FNO2/c1-19(2)17(10-6-4-5-7-11-17)16(20)14-12-13(18)8-9-15(14)21-3/h8-9,12H,4-7,10-11H2,1-3H3. The highest BCUT2D eigenvalue weighted by molar-refractivity contribution is 6.05. The third-order valence-corrected chi connectivity index (χ3v) is 4.62. The van der Waals surface area contributed by atoms with E-state index >= 15 is 0 Å². The number of Topliss-reactive ketones (excluding diaryl/α,β-unsaturated/α-hetero) is 1. The lowest BCUT2D eigenvalue weighted by atomic mass is 9.81. The maximum atomic E-state index is 13.6. The maximum absolute atomic E-state index is 13.6. The highest BCUT2D eigenvalue weighted by Gasteiger charge is 2.42. The fraction of sp³-hybridized carbons (Fsp3) is 0.588. The van der Waals surface area contributed by atoms with E-state index in [1.807, 2.05) is 19.0 Å². The second kappa shape index (κ2) is 6.56. The summed E-state index contributed by atoms with van der Waals surface area (Å²) in [6, 6.07) is 4.16. The number of benzene rings is 1. The van der Waals surface area contributed by atoms with Gasteiger partial charge in [-0.1, -0.05) is 25.7 Å². The van der Waals surface area contributed by atoms with Gasteiger partial charge >= 0.3 is 0 Å². The molecule has 0 radical (unpaired) electrons. The Labute approximate surface area is 126 Å². The number of halogens is 1. The van der Waals surface area contributed by atoms with Gasteiger partial charge in [0.2, 0.25) is 0 Å². The van der Waals surface area contributed by atoms with Crippen LogP contribution in [0.4, 0.5) is 4.39 Å². The molecular formula is C17H24FNO2. The number of hydrogen-bond acceptors (Lipinski definition) is 3. The first kappa shape index (κ1) is 16.0. The van der Waals surface area contributed by atoms with Crippen LogP contribution in [0.25, 0.3) is 0 Å². The van der Waals surface area contributed by atoms with Crippen LogP contribution in [-0.2, 0) is 0 Å². The summed E-state index contributed by atoms with van der Waals surface area (Å²) in [5.41, 5.74) is -0.189. The molecule has 1 aromatic rings. The molecule has 2 rings (SSSR count). The van der Waals surface area contributed by atoms with Gasteiger partial charge < -0.3 is 4.74 Å². The van der Waals surface area contributed by atoms with Crippen molar-refractivity contribution in [3.8, 4) is 5.75 Å². The van der Waals surface area contributed by atoms with Crippen LogP contribution in [0, 0.1) is 5.82 Å². The Bertz CT molecular complexity index is 506. The number of carbonyl (C=O) groups excluding carboxylic acids is 1. The van der Waals surface area contributed by atoms with E-state index in [9.17, 15) is 9.18 Å². The zero-order chi connectivity index (χ0) is 15.5. The summed E-state index contributed by atoms with van der Waals surface area (Å²) < 4.78 is 18.9.